The lowest BCUT2D eigenvalue weighted by atomic mass is 9.94. The van der Waals surface area contributed by atoms with Gasteiger partial charge in [0.15, 0.2) is 0 Å². The molecule has 1 aliphatic carbocycles. The molecule has 0 fully saturated rings. The number of nitrogens with one attached hydrogen (secondary N) is 1. The van der Waals surface area contributed by atoms with Gasteiger partial charge in [0, 0.05) is 24.0 Å². The summed E-state index contributed by atoms with van der Waals surface area (Å²) in [5, 5.41) is 3.52. The van der Waals surface area contributed by atoms with E-state index in [2.05, 4.69) is 34.0 Å². The average Bonchev–Trinajstić information content (AvgIpc) is 2.55. The molecule has 0 bridgehead atoms. The van der Waals surface area contributed by atoms with E-state index in [-0.39, 0.29) is 0 Å². The van der Waals surface area contributed by atoms with E-state index in [1.165, 1.54) is 27.7 Å². The summed E-state index contributed by atoms with van der Waals surface area (Å²) < 4.78 is 1.41. The van der Waals surface area contributed by atoms with Crippen LogP contribution >= 0.6 is 33.9 Å². The summed E-state index contributed by atoms with van der Waals surface area (Å²) >= 11 is 4.36. The van der Waals surface area contributed by atoms with Gasteiger partial charge in [-0.1, -0.05) is 0 Å². The molecule has 14 heavy (non-hydrogen) atoms. The minimum absolute atomic E-state index is 0.557. The predicted octanol–water partition coefficient (Wildman–Crippen LogP) is 2.28. The Morgan fingerprint density at radius 2 is 2.50 bits per heavy atom. The van der Waals surface area contributed by atoms with E-state index >= 15 is 0 Å². The number of hydrogen-bond donors (Lipinski definition) is 2. The highest BCUT2D eigenvalue weighted by Gasteiger charge is 2.21. The molecule has 2 nitrogen and oxygen atoms in total. The zero-order valence-corrected chi connectivity index (χ0v) is 11.0. The van der Waals surface area contributed by atoms with Gasteiger partial charge in [0.1, 0.15) is 0 Å². The molecule has 0 saturated heterocycles. The highest BCUT2D eigenvalue weighted by atomic mass is 127. The van der Waals surface area contributed by atoms with Gasteiger partial charge in [-0.15, -0.1) is 11.3 Å². The van der Waals surface area contributed by atoms with Crippen molar-refractivity contribution in [2.24, 2.45) is 5.73 Å². The molecule has 78 valence electrons. The highest BCUT2D eigenvalue weighted by Crippen LogP contribution is 2.36. The molecular weight excluding hydrogens is 307 g/mol. The van der Waals surface area contributed by atoms with Crippen molar-refractivity contribution >= 4 is 33.9 Å². The van der Waals surface area contributed by atoms with E-state index in [4.69, 9.17) is 5.73 Å². The van der Waals surface area contributed by atoms with Crippen LogP contribution < -0.4 is 11.1 Å². The average molecular weight is 322 g/mol. The second-order valence-electron chi connectivity index (χ2n) is 3.62. The molecule has 1 aromatic rings. The molecule has 1 aliphatic rings. The topological polar surface area (TPSA) is 38.0 Å². The molecule has 1 aromatic heterocycles. The van der Waals surface area contributed by atoms with Crippen LogP contribution in [-0.4, -0.2) is 13.1 Å². The Kier molecular flexibility index (Phi) is 3.81. The molecule has 3 N–H and O–H groups in total. The van der Waals surface area contributed by atoms with Crippen LogP contribution in [0.5, 0.6) is 0 Å². The first-order valence-corrected chi connectivity index (χ1v) is 6.92. The largest absolute Gasteiger partial charge is 0.329 e. The predicted molar refractivity (Wildman–Crippen MR) is 69.8 cm³/mol. The second kappa shape index (κ2) is 4.92. The normalized spacial score (nSPS) is 20.9. The Hall–Kier alpha value is 0.350. The summed E-state index contributed by atoms with van der Waals surface area (Å²) in [5.41, 5.74) is 7.04. The lowest BCUT2D eigenvalue weighted by molar-refractivity contribution is 0.470. The first-order valence-electron chi connectivity index (χ1n) is 5.03. The van der Waals surface area contributed by atoms with Gasteiger partial charge in [-0.05, 0) is 53.5 Å². The van der Waals surface area contributed by atoms with E-state index in [0.29, 0.717) is 6.04 Å². The molecule has 0 spiro atoms. The van der Waals surface area contributed by atoms with Gasteiger partial charge in [0.25, 0.3) is 0 Å². The zero-order valence-electron chi connectivity index (χ0n) is 8.05. The number of nitrogens with two attached hydrogens (primary N) is 1. The van der Waals surface area contributed by atoms with Crippen molar-refractivity contribution < 1.29 is 0 Å². The molecule has 1 unspecified atom stereocenters. The first kappa shape index (κ1) is 10.9. The van der Waals surface area contributed by atoms with Crippen molar-refractivity contribution in [1.29, 1.82) is 0 Å². The number of fused-ring (bicyclic) bond motifs is 1. The van der Waals surface area contributed by atoms with Crippen molar-refractivity contribution in [2.75, 3.05) is 13.1 Å². The summed E-state index contributed by atoms with van der Waals surface area (Å²) in [6, 6.07) is 2.88. The minimum Gasteiger partial charge on any atom is -0.329 e. The fourth-order valence-electron chi connectivity index (χ4n) is 1.99. The second-order valence-corrected chi connectivity index (χ2v) is 6.65. The SMILES string of the molecule is NCCNC1CCCc2sc(I)cc21. The minimum atomic E-state index is 0.557. The third kappa shape index (κ3) is 2.29. The Labute approximate surface area is 102 Å². The van der Waals surface area contributed by atoms with Gasteiger partial charge in [-0.25, -0.2) is 0 Å². The highest BCUT2D eigenvalue weighted by molar-refractivity contribution is 14.1. The van der Waals surface area contributed by atoms with Crippen LogP contribution in [0.2, 0.25) is 0 Å². The molecular formula is C10H15IN2S. The Morgan fingerprint density at radius 1 is 1.64 bits per heavy atom. The molecule has 0 aliphatic heterocycles. The van der Waals surface area contributed by atoms with Crippen LogP contribution in [0.15, 0.2) is 6.07 Å². The van der Waals surface area contributed by atoms with Gasteiger partial charge in [-0.2, -0.15) is 0 Å². The Balaban J connectivity index is 2.13. The van der Waals surface area contributed by atoms with Crippen molar-refractivity contribution in [3.8, 4) is 0 Å². The maximum Gasteiger partial charge on any atom is 0.0659 e. The summed E-state index contributed by atoms with van der Waals surface area (Å²) in [6.45, 7) is 1.66. The van der Waals surface area contributed by atoms with Gasteiger partial charge < -0.3 is 11.1 Å². The van der Waals surface area contributed by atoms with E-state index in [1.54, 1.807) is 4.88 Å². The smallest absolute Gasteiger partial charge is 0.0659 e. The lowest BCUT2D eigenvalue weighted by Gasteiger charge is -2.23. The molecule has 0 amide bonds. The Morgan fingerprint density at radius 3 is 3.29 bits per heavy atom. The van der Waals surface area contributed by atoms with Crippen LogP contribution in [0.25, 0.3) is 0 Å². The fraction of sp³-hybridized carbons (Fsp3) is 0.600. The number of halogens is 1. The maximum absolute atomic E-state index is 5.51. The fourth-order valence-corrected chi connectivity index (χ4v) is 4.11. The quantitative estimate of drug-likeness (QED) is 0.838. The van der Waals surface area contributed by atoms with Crippen molar-refractivity contribution in [2.45, 2.75) is 25.3 Å². The molecule has 4 heteroatoms. The standard InChI is InChI=1S/C10H15IN2S/c11-10-6-7-8(13-5-4-12)2-1-3-9(7)14-10/h6,8,13H,1-5,12H2. The molecule has 0 saturated carbocycles. The Bertz CT molecular complexity index is 311. The maximum atomic E-state index is 5.51. The number of rotatable bonds is 3. The van der Waals surface area contributed by atoms with Crippen molar-refractivity contribution in [1.82, 2.24) is 5.32 Å². The summed E-state index contributed by atoms with van der Waals surface area (Å²) in [4.78, 5) is 1.58. The van der Waals surface area contributed by atoms with E-state index in [9.17, 15) is 0 Å². The molecule has 1 atom stereocenters. The van der Waals surface area contributed by atoms with Crippen LogP contribution in [-0.2, 0) is 6.42 Å². The van der Waals surface area contributed by atoms with Gasteiger partial charge in [-0.3, -0.25) is 0 Å². The molecule has 2 rings (SSSR count). The zero-order chi connectivity index (χ0) is 9.97. The monoisotopic (exact) mass is 322 g/mol. The van der Waals surface area contributed by atoms with E-state index < -0.39 is 0 Å². The third-order valence-electron chi connectivity index (χ3n) is 2.62. The first-order chi connectivity index (χ1) is 6.81. The molecule has 0 aromatic carbocycles. The van der Waals surface area contributed by atoms with E-state index in [0.717, 1.165) is 13.1 Å². The number of aryl methyl sites for hydroxylation is 1. The van der Waals surface area contributed by atoms with E-state index in [1.807, 2.05) is 11.3 Å². The van der Waals surface area contributed by atoms with Crippen molar-refractivity contribution in [3.05, 3.63) is 19.4 Å². The van der Waals surface area contributed by atoms with Gasteiger partial charge in [0.2, 0.25) is 0 Å². The summed E-state index contributed by atoms with van der Waals surface area (Å²) in [6.07, 6.45) is 3.84. The summed E-state index contributed by atoms with van der Waals surface area (Å²) in [7, 11) is 0. The molecule has 0 radical (unpaired) electrons. The van der Waals surface area contributed by atoms with Crippen LogP contribution in [0.4, 0.5) is 0 Å². The third-order valence-corrected chi connectivity index (χ3v) is 4.59. The van der Waals surface area contributed by atoms with Crippen LogP contribution in [0.3, 0.4) is 0 Å². The van der Waals surface area contributed by atoms with Crippen LogP contribution in [0, 0.1) is 2.88 Å². The van der Waals surface area contributed by atoms with Crippen LogP contribution in [0.1, 0.15) is 29.3 Å². The summed E-state index contributed by atoms with van der Waals surface area (Å²) in [5.74, 6) is 0. The van der Waals surface area contributed by atoms with Gasteiger partial charge >= 0.3 is 0 Å². The molecule has 1 heterocycles. The number of thiophene rings is 1. The van der Waals surface area contributed by atoms with Gasteiger partial charge in [0.05, 0.1) is 2.88 Å². The van der Waals surface area contributed by atoms with Crippen molar-refractivity contribution in [3.63, 3.8) is 0 Å². The number of hydrogen-bond acceptors (Lipinski definition) is 3. The lowest BCUT2D eigenvalue weighted by Crippen LogP contribution is -2.29.